The van der Waals surface area contributed by atoms with E-state index in [4.69, 9.17) is 9.84 Å². The molecule has 160 valence electrons. The molecule has 1 aromatic carbocycles. The first-order valence-corrected chi connectivity index (χ1v) is 10.4. The molecule has 2 amide bonds. The van der Waals surface area contributed by atoms with Crippen LogP contribution in [0.25, 0.3) is 0 Å². The fourth-order valence-electron chi connectivity index (χ4n) is 3.29. The van der Waals surface area contributed by atoms with E-state index >= 15 is 0 Å². The van der Waals surface area contributed by atoms with E-state index in [1.807, 2.05) is 22.9 Å². The maximum Gasteiger partial charge on any atom is 0.404 e. The molecule has 0 radical (unpaired) electrons. The highest BCUT2D eigenvalue weighted by Crippen LogP contribution is 2.26. The van der Waals surface area contributed by atoms with Crippen LogP contribution in [-0.2, 0) is 4.79 Å². The number of thiophene rings is 1. The monoisotopic (exact) mass is 431 g/mol. The van der Waals surface area contributed by atoms with Gasteiger partial charge in [-0.15, -0.1) is 11.3 Å². The quantitative estimate of drug-likeness (QED) is 0.571. The predicted octanol–water partition coefficient (Wildman–Crippen LogP) is 3.66. The molecule has 3 atom stereocenters. The molecule has 1 saturated carbocycles. The molecule has 3 unspecified atom stereocenters. The number of hydrogen-bond acceptors (Lipinski definition) is 6. The van der Waals surface area contributed by atoms with Crippen LogP contribution in [0.2, 0.25) is 0 Å². The van der Waals surface area contributed by atoms with E-state index in [0.717, 1.165) is 18.6 Å². The number of nitrogens with one attached hydrogen (secondary N) is 2. The van der Waals surface area contributed by atoms with Gasteiger partial charge in [-0.25, -0.2) is 4.79 Å². The van der Waals surface area contributed by atoms with E-state index in [0.29, 0.717) is 18.4 Å². The van der Waals surface area contributed by atoms with E-state index in [1.165, 1.54) is 12.1 Å². The van der Waals surface area contributed by atoms with E-state index in [9.17, 15) is 20.0 Å². The summed E-state index contributed by atoms with van der Waals surface area (Å²) in [7, 11) is 1.67. The number of nitriles is 1. The number of rotatable bonds is 5. The van der Waals surface area contributed by atoms with Crippen molar-refractivity contribution >= 4 is 23.3 Å². The Morgan fingerprint density at radius 2 is 2.07 bits per heavy atom. The zero-order chi connectivity index (χ0) is 21.9. The Labute approximate surface area is 179 Å². The Morgan fingerprint density at radius 1 is 1.30 bits per heavy atom. The zero-order valence-corrected chi connectivity index (χ0v) is 17.4. The highest BCUT2D eigenvalue weighted by molar-refractivity contribution is 7.08. The Balaban J connectivity index is 0.000000386. The molecule has 1 aliphatic rings. The zero-order valence-electron chi connectivity index (χ0n) is 16.6. The van der Waals surface area contributed by atoms with E-state index < -0.39 is 24.1 Å². The Hall–Kier alpha value is -3.25. The van der Waals surface area contributed by atoms with Crippen molar-refractivity contribution in [3.8, 4) is 17.6 Å². The molecule has 30 heavy (non-hydrogen) atoms. The lowest BCUT2D eigenvalue weighted by Gasteiger charge is -2.30. The number of carbonyl (C=O) groups excluding carboxylic acids is 1. The third-order valence-electron chi connectivity index (χ3n) is 4.76. The van der Waals surface area contributed by atoms with Crippen LogP contribution in [0.4, 0.5) is 4.79 Å². The molecular formula is C21H25N3O5S. The minimum atomic E-state index is -1.15. The van der Waals surface area contributed by atoms with Gasteiger partial charge in [0.05, 0.1) is 19.1 Å². The first kappa shape index (κ1) is 23.0. The topological polar surface area (TPSA) is 132 Å². The maximum absolute atomic E-state index is 12.5. The standard InChI is InChI=1S/C16H19N3O4.C5H6OS/c17-9-14(10-4-3-5-11(20)8-10)18-15(21)12-6-1-2-7-13(12)19-16(22)23;1-6-5-2-3-7-4-5/h3-5,8,12-14,19-20H,1-2,6-7H2,(H,18,21)(H,22,23);2-4H,1H3. The molecule has 3 rings (SSSR count). The van der Waals surface area contributed by atoms with Gasteiger partial charge in [0.1, 0.15) is 17.5 Å². The molecule has 1 fully saturated rings. The van der Waals surface area contributed by atoms with Crippen molar-refractivity contribution in [2.75, 3.05) is 7.11 Å². The summed E-state index contributed by atoms with van der Waals surface area (Å²) >= 11 is 1.64. The van der Waals surface area contributed by atoms with Gasteiger partial charge >= 0.3 is 6.09 Å². The second-order valence-corrected chi connectivity index (χ2v) is 7.56. The van der Waals surface area contributed by atoms with Crippen LogP contribution in [0.15, 0.2) is 41.1 Å². The summed E-state index contributed by atoms with van der Waals surface area (Å²) < 4.78 is 4.86. The van der Waals surface area contributed by atoms with Gasteiger partial charge in [-0.05, 0) is 42.0 Å². The van der Waals surface area contributed by atoms with Crippen LogP contribution in [0.3, 0.4) is 0 Å². The van der Waals surface area contributed by atoms with Crippen molar-refractivity contribution in [1.82, 2.24) is 10.6 Å². The molecule has 2 aromatic rings. The number of carboxylic acid groups (broad SMARTS) is 1. The number of hydrogen-bond donors (Lipinski definition) is 4. The van der Waals surface area contributed by atoms with Crippen molar-refractivity contribution < 1.29 is 24.5 Å². The normalized spacial score (nSPS) is 18.7. The van der Waals surface area contributed by atoms with Gasteiger partial charge in [-0.3, -0.25) is 4.79 Å². The summed E-state index contributed by atoms with van der Waals surface area (Å²) in [5.41, 5.74) is 0.486. The van der Waals surface area contributed by atoms with Crippen molar-refractivity contribution in [3.05, 3.63) is 46.7 Å². The molecule has 4 N–H and O–H groups in total. The smallest absolute Gasteiger partial charge is 0.404 e. The van der Waals surface area contributed by atoms with Crippen LogP contribution in [0.5, 0.6) is 11.5 Å². The number of nitrogens with zero attached hydrogens (tertiary/aromatic N) is 1. The van der Waals surface area contributed by atoms with Crippen molar-refractivity contribution in [1.29, 1.82) is 5.26 Å². The molecule has 0 bridgehead atoms. The van der Waals surface area contributed by atoms with E-state index in [-0.39, 0.29) is 11.7 Å². The largest absolute Gasteiger partial charge is 0.508 e. The molecule has 9 heteroatoms. The molecular weight excluding hydrogens is 406 g/mol. The molecule has 0 saturated heterocycles. The number of phenols is 1. The third kappa shape index (κ3) is 6.97. The highest BCUT2D eigenvalue weighted by atomic mass is 32.1. The number of benzene rings is 1. The number of amides is 2. The lowest BCUT2D eigenvalue weighted by molar-refractivity contribution is -0.127. The number of phenolic OH excluding ortho intramolecular Hbond substituents is 1. The molecule has 1 aromatic heterocycles. The Bertz CT molecular complexity index is 866. The van der Waals surface area contributed by atoms with E-state index in [1.54, 1.807) is 30.6 Å². The third-order valence-corrected chi connectivity index (χ3v) is 5.42. The summed E-state index contributed by atoms with van der Waals surface area (Å²) in [5, 5.41) is 36.6. The van der Waals surface area contributed by atoms with Gasteiger partial charge in [-0.2, -0.15) is 5.26 Å². The van der Waals surface area contributed by atoms with Crippen LogP contribution in [-0.4, -0.2) is 35.4 Å². The SMILES string of the molecule is COc1ccsc1.N#CC(NC(=O)C1CCCCC1NC(=O)O)c1cccc(O)c1. The van der Waals surface area contributed by atoms with Gasteiger partial charge in [0.15, 0.2) is 0 Å². The molecule has 0 spiro atoms. The fraction of sp³-hybridized carbons (Fsp3) is 0.381. The summed E-state index contributed by atoms with van der Waals surface area (Å²) in [6.07, 6.45) is 1.74. The second-order valence-electron chi connectivity index (χ2n) is 6.78. The number of carbonyl (C=O) groups is 2. The first-order valence-electron chi connectivity index (χ1n) is 9.49. The molecule has 0 aliphatic heterocycles. The van der Waals surface area contributed by atoms with Crippen LogP contribution in [0, 0.1) is 17.2 Å². The summed E-state index contributed by atoms with van der Waals surface area (Å²) in [6.45, 7) is 0. The summed E-state index contributed by atoms with van der Waals surface area (Å²) in [4.78, 5) is 23.3. The van der Waals surface area contributed by atoms with Gasteiger partial charge < -0.3 is 25.6 Å². The van der Waals surface area contributed by atoms with Gasteiger partial charge in [0.2, 0.25) is 5.91 Å². The van der Waals surface area contributed by atoms with E-state index in [2.05, 4.69) is 10.6 Å². The first-order chi connectivity index (χ1) is 14.4. The lowest BCUT2D eigenvalue weighted by Crippen LogP contribution is -2.48. The fourth-order valence-corrected chi connectivity index (χ4v) is 3.89. The Morgan fingerprint density at radius 3 is 2.63 bits per heavy atom. The highest BCUT2D eigenvalue weighted by Gasteiger charge is 2.33. The molecule has 8 nitrogen and oxygen atoms in total. The van der Waals surface area contributed by atoms with Gasteiger partial charge in [0.25, 0.3) is 0 Å². The van der Waals surface area contributed by atoms with Crippen molar-refractivity contribution in [2.24, 2.45) is 5.92 Å². The average Bonchev–Trinajstić information content (AvgIpc) is 3.26. The summed E-state index contributed by atoms with van der Waals surface area (Å²) in [5.74, 6) is 0.122. The predicted molar refractivity (Wildman–Crippen MR) is 112 cm³/mol. The molecule has 1 aliphatic carbocycles. The minimum absolute atomic E-state index is 0.0140. The van der Waals surface area contributed by atoms with Crippen molar-refractivity contribution in [3.63, 3.8) is 0 Å². The number of aromatic hydroxyl groups is 1. The van der Waals surface area contributed by atoms with Crippen LogP contribution in [0.1, 0.15) is 37.3 Å². The van der Waals surface area contributed by atoms with Crippen molar-refractivity contribution in [2.45, 2.75) is 37.8 Å². The lowest BCUT2D eigenvalue weighted by atomic mass is 9.83. The van der Waals surface area contributed by atoms with Gasteiger partial charge in [-0.1, -0.05) is 25.0 Å². The van der Waals surface area contributed by atoms with Gasteiger partial charge in [0, 0.05) is 11.4 Å². The maximum atomic E-state index is 12.5. The Kier molecular flexibility index (Phi) is 8.97. The molecule has 1 heterocycles. The van der Waals surface area contributed by atoms with Crippen LogP contribution < -0.4 is 15.4 Å². The second kappa shape index (κ2) is 11.7. The number of methoxy groups -OCH3 is 1. The minimum Gasteiger partial charge on any atom is -0.508 e. The summed E-state index contributed by atoms with van der Waals surface area (Å²) in [6, 6.07) is 8.73. The van der Waals surface area contributed by atoms with Crippen LogP contribution >= 0.6 is 11.3 Å². The number of ether oxygens (including phenoxy) is 1. The average molecular weight is 432 g/mol.